The van der Waals surface area contributed by atoms with E-state index >= 15 is 0 Å². The minimum absolute atomic E-state index is 0.144. The van der Waals surface area contributed by atoms with E-state index in [4.69, 9.17) is 0 Å². The van der Waals surface area contributed by atoms with Crippen molar-refractivity contribution in [2.24, 2.45) is 0 Å². The van der Waals surface area contributed by atoms with E-state index in [1.54, 1.807) is 32.4 Å². The Morgan fingerprint density at radius 2 is 1.65 bits per heavy atom. The van der Waals surface area contributed by atoms with Crippen molar-refractivity contribution in [3.05, 3.63) is 82.6 Å². The van der Waals surface area contributed by atoms with Crippen LogP contribution in [0.3, 0.4) is 0 Å². The lowest BCUT2D eigenvalue weighted by atomic mass is 9.99. The number of carbonyl (C=O) groups is 2. The summed E-state index contributed by atoms with van der Waals surface area (Å²) in [6.45, 7) is 1.76. The van der Waals surface area contributed by atoms with E-state index in [0.29, 0.717) is 12.8 Å². The molecule has 0 aliphatic rings. The topological polar surface area (TPSA) is 81.7 Å². The molecule has 0 fully saturated rings. The van der Waals surface area contributed by atoms with Crippen molar-refractivity contribution >= 4 is 23.2 Å². The first-order valence-corrected chi connectivity index (χ1v) is 12.3. The van der Waals surface area contributed by atoms with Gasteiger partial charge in [-0.3, -0.25) is 9.59 Å². The molecule has 0 aliphatic carbocycles. The molecule has 0 spiro atoms. The molecule has 34 heavy (non-hydrogen) atoms. The highest BCUT2D eigenvalue weighted by Crippen LogP contribution is 2.20. The van der Waals surface area contributed by atoms with Crippen LogP contribution < -0.4 is 10.6 Å². The number of rotatable bonds is 11. The van der Waals surface area contributed by atoms with E-state index in [0.717, 1.165) is 21.6 Å². The maximum Gasteiger partial charge on any atom is 0.243 e. The van der Waals surface area contributed by atoms with Crippen LogP contribution in [-0.2, 0) is 22.4 Å². The number of hydrogen-bond donors (Lipinski definition) is 3. The number of aliphatic hydroxyl groups excluding tert-OH is 1. The Kier molecular flexibility index (Phi) is 9.39. The van der Waals surface area contributed by atoms with Gasteiger partial charge in [-0.05, 0) is 48.5 Å². The van der Waals surface area contributed by atoms with Crippen LogP contribution in [0.5, 0.6) is 0 Å². The fraction of sp³-hybridized carbons (Fsp3) is 0.333. The lowest BCUT2D eigenvalue weighted by Gasteiger charge is -2.30. The Morgan fingerprint density at radius 3 is 2.24 bits per heavy atom. The van der Waals surface area contributed by atoms with Crippen molar-refractivity contribution in [2.75, 3.05) is 20.6 Å². The third kappa shape index (κ3) is 7.00. The number of nitrogens with one attached hydrogen (secondary N) is 2. The molecular weight excluding hydrogens is 446 g/mol. The second-order valence-corrected chi connectivity index (χ2v) is 9.48. The average Bonchev–Trinajstić information content (AvgIpc) is 3.38. The van der Waals surface area contributed by atoms with Crippen LogP contribution in [0, 0.1) is 0 Å². The number of hydrogen-bond acceptors (Lipinski definition) is 5. The first-order chi connectivity index (χ1) is 16.4. The molecule has 1 heterocycles. The number of thiophene rings is 1. The molecule has 180 valence electrons. The molecule has 2 amide bonds. The number of amides is 2. The average molecular weight is 480 g/mol. The van der Waals surface area contributed by atoms with Gasteiger partial charge in [0.2, 0.25) is 11.8 Å². The molecule has 7 heteroatoms. The summed E-state index contributed by atoms with van der Waals surface area (Å²) in [6.07, 6.45) is 0.278. The first-order valence-electron chi connectivity index (χ1n) is 11.5. The van der Waals surface area contributed by atoms with E-state index in [-0.39, 0.29) is 18.4 Å². The van der Waals surface area contributed by atoms with Crippen molar-refractivity contribution in [1.29, 1.82) is 0 Å². The first kappa shape index (κ1) is 25.6. The Balaban J connectivity index is 1.71. The highest BCUT2D eigenvalue weighted by Gasteiger charge is 2.31. The summed E-state index contributed by atoms with van der Waals surface area (Å²) >= 11 is 1.56. The van der Waals surface area contributed by atoms with Crippen molar-refractivity contribution in [3.63, 3.8) is 0 Å². The molecule has 0 radical (unpaired) electrons. The van der Waals surface area contributed by atoms with Crippen molar-refractivity contribution in [2.45, 2.75) is 38.0 Å². The van der Waals surface area contributed by atoms with Gasteiger partial charge in [-0.25, -0.2) is 0 Å². The third-order valence-corrected chi connectivity index (χ3v) is 6.71. The molecule has 2 aromatic carbocycles. The number of aliphatic hydroxyl groups is 1. The molecule has 3 aromatic rings. The van der Waals surface area contributed by atoms with Gasteiger partial charge in [0.15, 0.2) is 0 Å². The summed E-state index contributed by atoms with van der Waals surface area (Å²) in [5.41, 5.74) is 3.31. The maximum absolute atomic E-state index is 13.4. The Hall–Kier alpha value is -3.00. The fourth-order valence-corrected chi connectivity index (χ4v) is 4.55. The highest BCUT2D eigenvalue weighted by atomic mass is 32.1. The van der Waals surface area contributed by atoms with Crippen LogP contribution >= 0.6 is 11.3 Å². The zero-order chi connectivity index (χ0) is 24.5. The van der Waals surface area contributed by atoms with E-state index in [1.807, 2.05) is 47.8 Å². The quantitative estimate of drug-likeness (QED) is 0.395. The molecule has 0 aliphatic heterocycles. The minimum Gasteiger partial charge on any atom is -0.392 e. The zero-order valence-electron chi connectivity index (χ0n) is 19.9. The molecule has 3 N–H and O–H groups in total. The third-order valence-electron chi connectivity index (χ3n) is 5.81. The standard InChI is InChI=1S/C27H33N3O3S/c1-19(31)18-29-26(32)25(17-23-10-7-15-34-23)30(3)27(33)24(28-2)16-20-11-13-22(14-12-20)21-8-5-4-6-9-21/h4-15,19,24-25,28,31H,16-18H2,1-3H3,(H,29,32)/t19-,24+,25+/m0/s1. The summed E-state index contributed by atoms with van der Waals surface area (Å²) in [5.74, 6) is -0.421. The molecule has 0 saturated carbocycles. The SMILES string of the molecule is CN[C@H](Cc1ccc(-c2ccccc2)cc1)C(=O)N(C)[C@H](Cc1cccs1)C(=O)NC[C@H](C)O. The van der Waals surface area contributed by atoms with E-state index in [1.165, 1.54) is 4.90 Å². The van der Waals surface area contributed by atoms with Gasteiger partial charge in [-0.2, -0.15) is 0 Å². The number of nitrogens with zero attached hydrogens (tertiary/aromatic N) is 1. The van der Waals surface area contributed by atoms with Crippen LogP contribution in [0.15, 0.2) is 72.1 Å². The van der Waals surface area contributed by atoms with Crippen molar-refractivity contribution < 1.29 is 14.7 Å². The van der Waals surface area contributed by atoms with Crippen LogP contribution in [0.2, 0.25) is 0 Å². The zero-order valence-corrected chi connectivity index (χ0v) is 20.7. The Morgan fingerprint density at radius 1 is 0.971 bits per heavy atom. The van der Waals surface area contributed by atoms with E-state index < -0.39 is 18.2 Å². The normalized spacial score (nSPS) is 13.6. The lowest BCUT2D eigenvalue weighted by Crippen LogP contribution is -2.54. The predicted octanol–water partition coefficient (Wildman–Crippen LogP) is 3.11. The molecule has 0 unspecified atom stereocenters. The number of likely N-dealkylation sites (N-methyl/N-ethyl adjacent to an activating group) is 2. The molecule has 0 bridgehead atoms. The summed E-state index contributed by atoms with van der Waals surface area (Å²) < 4.78 is 0. The van der Waals surface area contributed by atoms with Gasteiger partial charge in [0.25, 0.3) is 0 Å². The van der Waals surface area contributed by atoms with Gasteiger partial charge in [0, 0.05) is 24.9 Å². The van der Waals surface area contributed by atoms with Gasteiger partial charge in [0.1, 0.15) is 6.04 Å². The molecule has 0 saturated heterocycles. The summed E-state index contributed by atoms with van der Waals surface area (Å²) in [7, 11) is 3.43. The summed E-state index contributed by atoms with van der Waals surface area (Å²) in [5, 5.41) is 17.4. The summed E-state index contributed by atoms with van der Waals surface area (Å²) in [6, 6.07) is 21.1. The van der Waals surface area contributed by atoms with Gasteiger partial charge >= 0.3 is 0 Å². The van der Waals surface area contributed by atoms with Gasteiger partial charge < -0.3 is 20.6 Å². The Bertz CT molecular complexity index is 1040. The van der Waals surface area contributed by atoms with E-state index in [9.17, 15) is 14.7 Å². The van der Waals surface area contributed by atoms with Crippen LogP contribution in [0.1, 0.15) is 17.4 Å². The second-order valence-electron chi connectivity index (χ2n) is 8.45. The monoisotopic (exact) mass is 479 g/mol. The second kappa shape index (κ2) is 12.5. The molecule has 1 aromatic heterocycles. The molecule has 3 atom stereocenters. The van der Waals surface area contributed by atoms with Crippen molar-refractivity contribution in [1.82, 2.24) is 15.5 Å². The van der Waals surface area contributed by atoms with Crippen LogP contribution in [0.25, 0.3) is 11.1 Å². The lowest BCUT2D eigenvalue weighted by molar-refractivity contribution is -0.140. The number of benzene rings is 2. The summed E-state index contributed by atoms with van der Waals surface area (Å²) in [4.78, 5) is 28.9. The molecular formula is C27H33N3O3S. The highest BCUT2D eigenvalue weighted by molar-refractivity contribution is 7.09. The largest absolute Gasteiger partial charge is 0.392 e. The predicted molar refractivity (Wildman–Crippen MR) is 138 cm³/mol. The van der Waals surface area contributed by atoms with Crippen molar-refractivity contribution in [3.8, 4) is 11.1 Å². The van der Waals surface area contributed by atoms with E-state index in [2.05, 4.69) is 34.9 Å². The number of carbonyl (C=O) groups excluding carboxylic acids is 2. The van der Waals surface area contributed by atoms with Gasteiger partial charge in [-0.15, -0.1) is 11.3 Å². The Labute approximate surface area is 205 Å². The molecule has 3 rings (SSSR count). The smallest absolute Gasteiger partial charge is 0.243 e. The minimum atomic E-state index is -0.666. The van der Waals surface area contributed by atoms with Gasteiger partial charge in [0.05, 0.1) is 12.1 Å². The van der Waals surface area contributed by atoms with Crippen LogP contribution in [0.4, 0.5) is 0 Å². The fourth-order valence-electron chi connectivity index (χ4n) is 3.80. The van der Waals surface area contributed by atoms with Crippen LogP contribution in [-0.4, -0.2) is 60.6 Å². The maximum atomic E-state index is 13.4. The molecule has 6 nitrogen and oxygen atoms in total. The van der Waals surface area contributed by atoms with Gasteiger partial charge in [-0.1, -0.05) is 60.7 Å².